The molecular formula is C9H11IO2S. The standard InChI is InChI=1S/C9H11IO2S/c10-7-4-8-13(11,12)9-5-2-1-3-6-9/h1-3,5-6H,4,7-8H2. The minimum absolute atomic E-state index is 0.250. The van der Waals surface area contributed by atoms with E-state index in [0.717, 1.165) is 10.8 Å². The molecule has 0 fully saturated rings. The maximum Gasteiger partial charge on any atom is 0.178 e. The molecule has 0 saturated carbocycles. The summed E-state index contributed by atoms with van der Waals surface area (Å²) in [6, 6.07) is 8.59. The van der Waals surface area contributed by atoms with Gasteiger partial charge in [0.15, 0.2) is 9.84 Å². The third-order valence-corrected chi connectivity index (χ3v) is 4.23. The lowest BCUT2D eigenvalue weighted by Gasteiger charge is -2.01. The highest BCUT2D eigenvalue weighted by molar-refractivity contribution is 14.1. The molecule has 0 heterocycles. The Morgan fingerprint density at radius 3 is 2.31 bits per heavy atom. The van der Waals surface area contributed by atoms with E-state index in [1.165, 1.54) is 0 Å². The fourth-order valence-electron chi connectivity index (χ4n) is 0.990. The van der Waals surface area contributed by atoms with Gasteiger partial charge in [-0.05, 0) is 18.6 Å². The molecule has 0 bridgehead atoms. The highest BCUT2D eigenvalue weighted by Crippen LogP contribution is 2.11. The van der Waals surface area contributed by atoms with Crippen molar-refractivity contribution in [1.29, 1.82) is 0 Å². The molecule has 0 N–H and O–H groups in total. The molecular weight excluding hydrogens is 299 g/mol. The molecule has 0 unspecified atom stereocenters. The monoisotopic (exact) mass is 310 g/mol. The highest BCUT2D eigenvalue weighted by atomic mass is 127. The largest absolute Gasteiger partial charge is 0.224 e. The lowest BCUT2D eigenvalue weighted by molar-refractivity contribution is 0.595. The van der Waals surface area contributed by atoms with Crippen molar-refractivity contribution in [2.45, 2.75) is 11.3 Å². The topological polar surface area (TPSA) is 34.1 Å². The molecule has 0 amide bonds. The van der Waals surface area contributed by atoms with Gasteiger partial charge < -0.3 is 0 Å². The Hall–Kier alpha value is -0.100. The van der Waals surface area contributed by atoms with Gasteiger partial charge in [-0.1, -0.05) is 40.8 Å². The summed E-state index contributed by atoms with van der Waals surface area (Å²) in [5.41, 5.74) is 0. The average molecular weight is 310 g/mol. The summed E-state index contributed by atoms with van der Waals surface area (Å²) in [5.74, 6) is 0.250. The zero-order chi connectivity index (χ0) is 9.73. The summed E-state index contributed by atoms with van der Waals surface area (Å²) in [7, 11) is -3.03. The van der Waals surface area contributed by atoms with E-state index in [9.17, 15) is 8.42 Å². The molecule has 1 aromatic rings. The van der Waals surface area contributed by atoms with Gasteiger partial charge in [0.25, 0.3) is 0 Å². The zero-order valence-corrected chi connectivity index (χ0v) is 10.1. The summed E-state index contributed by atoms with van der Waals surface area (Å²) in [6.07, 6.45) is 0.720. The first-order chi connectivity index (χ1) is 6.17. The Morgan fingerprint density at radius 2 is 1.77 bits per heavy atom. The van der Waals surface area contributed by atoms with Gasteiger partial charge in [0.05, 0.1) is 10.6 Å². The van der Waals surface area contributed by atoms with Gasteiger partial charge in [-0.25, -0.2) is 8.42 Å². The quantitative estimate of drug-likeness (QED) is 0.632. The Kier molecular flexibility index (Phi) is 4.18. The minimum atomic E-state index is -3.03. The van der Waals surface area contributed by atoms with Crippen molar-refractivity contribution < 1.29 is 8.42 Å². The van der Waals surface area contributed by atoms with Crippen LogP contribution in [-0.4, -0.2) is 18.6 Å². The Balaban J connectivity index is 2.83. The summed E-state index contributed by atoms with van der Waals surface area (Å²) < 4.78 is 24.1. The second-order valence-electron chi connectivity index (χ2n) is 2.67. The van der Waals surface area contributed by atoms with Gasteiger partial charge in [0, 0.05) is 4.43 Å². The second-order valence-corrected chi connectivity index (χ2v) is 5.86. The highest BCUT2D eigenvalue weighted by Gasteiger charge is 2.11. The van der Waals surface area contributed by atoms with Crippen LogP contribution in [-0.2, 0) is 9.84 Å². The summed E-state index contributed by atoms with van der Waals surface area (Å²) in [5, 5.41) is 0. The van der Waals surface area contributed by atoms with Crippen LogP contribution in [0.3, 0.4) is 0 Å². The summed E-state index contributed by atoms with van der Waals surface area (Å²) in [6.45, 7) is 0. The van der Waals surface area contributed by atoms with Crippen LogP contribution in [0.5, 0.6) is 0 Å². The number of sulfone groups is 1. The molecule has 0 aliphatic heterocycles. The number of alkyl halides is 1. The predicted molar refractivity (Wildman–Crippen MR) is 62.0 cm³/mol. The normalized spacial score (nSPS) is 11.5. The summed E-state index contributed by atoms with van der Waals surface area (Å²) >= 11 is 2.18. The number of hydrogen-bond acceptors (Lipinski definition) is 2. The lowest BCUT2D eigenvalue weighted by Crippen LogP contribution is -2.06. The van der Waals surface area contributed by atoms with Crippen LogP contribution in [0.15, 0.2) is 35.2 Å². The van der Waals surface area contributed by atoms with E-state index >= 15 is 0 Å². The van der Waals surface area contributed by atoms with Crippen LogP contribution < -0.4 is 0 Å². The van der Waals surface area contributed by atoms with E-state index in [0.29, 0.717) is 4.90 Å². The van der Waals surface area contributed by atoms with Gasteiger partial charge in [-0.15, -0.1) is 0 Å². The van der Waals surface area contributed by atoms with Crippen molar-refractivity contribution in [2.75, 3.05) is 10.2 Å². The molecule has 0 spiro atoms. The van der Waals surface area contributed by atoms with Crippen LogP contribution in [0.2, 0.25) is 0 Å². The SMILES string of the molecule is O=S(=O)(CCCI)c1ccccc1. The number of rotatable bonds is 4. The second kappa shape index (κ2) is 4.95. The maximum absolute atomic E-state index is 11.6. The zero-order valence-electron chi connectivity index (χ0n) is 7.11. The van der Waals surface area contributed by atoms with Crippen LogP contribution in [0.1, 0.15) is 6.42 Å². The smallest absolute Gasteiger partial charge is 0.178 e. The molecule has 4 heteroatoms. The summed E-state index contributed by atoms with van der Waals surface area (Å²) in [4.78, 5) is 0.430. The average Bonchev–Trinajstić information content (AvgIpc) is 2.16. The number of halogens is 1. The van der Waals surface area contributed by atoms with E-state index in [1.54, 1.807) is 24.3 Å². The molecule has 0 aromatic heterocycles. The van der Waals surface area contributed by atoms with Gasteiger partial charge in [-0.3, -0.25) is 0 Å². The molecule has 72 valence electrons. The Bertz CT molecular complexity index is 345. The van der Waals surface area contributed by atoms with Crippen LogP contribution in [0, 0.1) is 0 Å². The van der Waals surface area contributed by atoms with E-state index in [2.05, 4.69) is 22.6 Å². The van der Waals surface area contributed by atoms with Crippen molar-refractivity contribution in [1.82, 2.24) is 0 Å². The first-order valence-corrected chi connectivity index (χ1v) is 7.18. The molecule has 0 saturated heterocycles. The Morgan fingerprint density at radius 1 is 1.15 bits per heavy atom. The fraction of sp³-hybridized carbons (Fsp3) is 0.333. The minimum Gasteiger partial charge on any atom is -0.224 e. The fourth-order valence-corrected chi connectivity index (χ4v) is 3.22. The molecule has 2 nitrogen and oxygen atoms in total. The Labute approximate surface area is 92.4 Å². The molecule has 0 radical (unpaired) electrons. The first-order valence-electron chi connectivity index (χ1n) is 4.00. The molecule has 0 atom stereocenters. The molecule has 1 rings (SSSR count). The molecule has 0 aliphatic carbocycles. The van der Waals surface area contributed by atoms with E-state index in [4.69, 9.17) is 0 Å². The van der Waals surface area contributed by atoms with Gasteiger partial charge in [-0.2, -0.15) is 0 Å². The first kappa shape index (κ1) is 11.0. The third-order valence-electron chi connectivity index (χ3n) is 1.65. The van der Waals surface area contributed by atoms with E-state index in [1.807, 2.05) is 6.07 Å². The maximum atomic E-state index is 11.6. The third kappa shape index (κ3) is 3.27. The van der Waals surface area contributed by atoms with Crippen molar-refractivity contribution in [3.63, 3.8) is 0 Å². The predicted octanol–water partition coefficient (Wildman–Crippen LogP) is 2.29. The molecule has 1 aromatic carbocycles. The number of hydrogen-bond donors (Lipinski definition) is 0. The van der Waals surface area contributed by atoms with Crippen LogP contribution in [0.4, 0.5) is 0 Å². The lowest BCUT2D eigenvalue weighted by atomic mass is 10.4. The molecule has 13 heavy (non-hydrogen) atoms. The number of benzene rings is 1. The van der Waals surface area contributed by atoms with Crippen molar-refractivity contribution in [3.8, 4) is 0 Å². The van der Waals surface area contributed by atoms with Gasteiger partial charge in [0.1, 0.15) is 0 Å². The van der Waals surface area contributed by atoms with E-state index in [-0.39, 0.29) is 5.75 Å². The van der Waals surface area contributed by atoms with Crippen LogP contribution in [0.25, 0.3) is 0 Å². The van der Waals surface area contributed by atoms with Crippen molar-refractivity contribution >= 4 is 32.4 Å². The van der Waals surface area contributed by atoms with Gasteiger partial charge >= 0.3 is 0 Å². The van der Waals surface area contributed by atoms with Crippen LogP contribution >= 0.6 is 22.6 Å². The van der Waals surface area contributed by atoms with E-state index < -0.39 is 9.84 Å². The molecule has 0 aliphatic rings. The van der Waals surface area contributed by atoms with Crippen molar-refractivity contribution in [3.05, 3.63) is 30.3 Å². The van der Waals surface area contributed by atoms with Gasteiger partial charge in [0.2, 0.25) is 0 Å². The van der Waals surface area contributed by atoms with Crippen molar-refractivity contribution in [2.24, 2.45) is 0 Å².